The third-order valence-electron chi connectivity index (χ3n) is 3.85. The van der Waals surface area contributed by atoms with Crippen LogP contribution in [0.2, 0.25) is 5.02 Å². The standard InChI is InChI=1S/C18H19ClFNO3/c1-22-16-10-13(19)5-6-15(16)24-18(17-11-21-7-8-23-17)12-3-2-4-14(20)9-12/h2-6,9-10,17-18,21H,7-8,11H2,1H3/t17-,18-/m0/s1. The van der Waals surface area contributed by atoms with Crippen LogP contribution >= 0.6 is 11.6 Å². The van der Waals surface area contributed by atoms with E-state index < -0.39 is 6.10 Å². The number of halogens is 2. The van der Waals surface area contributed by atoms with Crippen molar-refractivity contribution < 1.29 is 18.6 Å². The quantitative estimate of drug-likeness (QED) is 0.893. The first kappa shape index (κ1) is 17.0. The number of methoxy groups -OCH3 is 1. The van der Waals surface area contributed by atoms with E-state index in [4.69, 9.17) is 25.8 Å². The summed E-state index contributed by atoms with van der Waals surface area (Å²) in [7, 11) is 1.55. The van der Waals surface area contributed by atoms with Crippen LogP contribution < -0.4 is 14.8 Å². The van der Waals surface area contributed by atoms with E-state index in [1.165, 1.54) is 12.1 Å². The predicted molar refractivity (Wildman–Crippen MR) is 90.4 cm³/mol. The highest BCUT2D eigenvalue weighted by Gasteiger charge is 2.29. The Morgan fingerprint density at radius 2 is 2.12 bits per heavy atom. The molecular weight excluding hydrogens is 333 g/mol. The van der Waals surface area contributed by atoms with Gasteiger partial charge in [-0.2, -0.15) is 0 Å². The van der Waals surface area contributed by atoms with Gasteiger partial charge in [0.1, 0.15) is 11.9 Å². The fraction of sp³-hybridized carbons (Fsp3) is 0.333. The molecule has 24 heavy (non-hydrogen) atoms. The minimum atomic E-state index is -0.469. The molecule has 0 radical (unpaired) electrons. The van der Waals surface area contributed by atoms with Gasteiger partial charge < -0.3 is 19.5 Å². The zero-order valence-corrected chi connectivity index (χ0v) is 14.1. The predicted octanol–water partition coefficient (Wildman–Crippen LogP) is 3.60. The van der Waals surface area contributed by atoms with Crippen LogP contribution in [0.1, 0.15) is 11.7 Å². The Morgan fingerprint density at radius 3 is 2.83 bits per heavy atom. The maximum absolute atomic E-state index is 13.7. The van der Waals surface area contributed by atoms with E-state index in [-0.39, 0.29) is 11.9 Å². The Labute approximate surface area is 145 Å². The second-order valence-corrected chi connectivity index (χ2v) is 5.94. The summed E-state index contributed by atoms with van der Waals surface area (Å²) in [4.78, 5) is 0. The molecule has 0 aliphatic carbocycles. The van der Waals surface area contributed by atoms with Crippen LogP contribution in [0.3, 0.4) is 0 Å². The van der Waals surface area contributed by atoms with E-state index in [1.54, 1.807) is 31.4 Å². The summed E-state index contributed by atoms with van der Waals surface area (Å²) in [6.07, 6.45) is -0.704. The first-order valence-corrected chi connectivity index (χ1v) is 8.13. The monoisotopic (exact) mass is 351 g/mol. The smallest absolute Gasteiger partial charge is 0.162 e. The third kappa shape index (κ3) is 3.98. The molecule has 2 atom stereocenters. The summed E-state index contributed by atoms with van der Waals surface area (Å²) in [5.74, 6) is 0.742. The van der Waals surface area contributed by atoms with Crippen LogP contribution in [0.25, 0.3) is 0 Å². The minimum Gasteiger partial charge on any atom is -0.493 e. The summed E-state index contributed by atoms with van der Waals surface area (Å²) in [6.45, 7) is 1.99. The SMILES string of the molecule is COc1cc(Cl)ccc1O[C@@H](c1cccc(F)c1)[C@@H]1CNCCO1. The highest BCUT2D eigenvalue weighted by atomic mass is 35.5. The molecule has 1 aliphatic heterocycles. The van der Waals surface area contributed by atoms with Crippen LogP contribution in [0.5, 0.6) is 11.5 Å². The van der Waals surface area contributed by atoms with Gasteiger partial charge in [0.2, 0.25) is 0 Å². The fourth-order valence-corrected chi connectivity index (χ4v) is 2.86. The van der Waals surface area contributed by atoms with Crippen LogP contribution in [-0.4, -0.2) is 32.9 Å². The molecule has 3 rings (SSSR count). The number of hydrogen-bond donors (Lipinski definition) is 1. The molecule has 128 valence electrons. The molecule has 1 heterocycles. The summed E-state index contributed by atoms with van der Waals surface area (Å²) in [5.41, 5.74) is 0.709. The van der Waals surface area contributed by atoms with Crippen molar-refractivity contribution >= 4 is 11.6 Å². The van der Waals surface area contributed by atoms with Gasteiger partial charge in [0, 0.05) is 24.2 Å². The van der Waals surface area contributed by atoms with Crippen LogP contribution in [-0.2, 0) is 4.74 Å². The average molecular weight is 352 g/mol. The van der Waals surface area contributed by atoms with Gasteiger partial charge in [-0.05, 0) is 29.8 Å². The Bertz CT molecular complexity index is 692. The Balaban J connectivity index is 1.92. The lowest BCUT2D eigenvalue weighted by Gasteiger charge is -2.32. The molecular formula is C18H19ClFNO3. The van der Waals surface area contributed by atoms with Gasteiger partial charge in [0.15, 0.2) is 17.6 Å². The number of nitrogens with one attached hydrogen (secondary N) is 1. The summed E-state index contributed by atoms with van der Waals surface area (Å²) in [6, 6.07) is 11.5. The molecule has 6 heteroatoms. The number of hydrogen-bond acceptors (Lipinski definition) is 4. The number of ether oxygens (including phenoxy) is 3. The van der Waals surface area contributed by atoms with E-state index in [0.29, 0.717) is 35.2 Å². The second kappa shape index (κ2) is 7.83. The van der Waals surface area contributed by atoms with Crippen molar-refractivity contribution in [3.8, 4) is 11.5 Å². The molecule has 0 unspecified atom stereocenters. The molecule has 0 bridgehead atoms. The highest BCUT2D eigenvalue weighted by Crippen LogP contribution is 2.35. The van der Waals surface area contributed by atoms with Gasteiger partial charge in [-0.15, -0.1) is 0 Å². The van der Waals surface area contributed by atoms with E-state index in [1.807, 2.05) is 6.07 Å². The Morgan fingerprint density at radius 1 is 1.25 bits per heavy atom. The summed E-state index contributed by atoms with van der Waals surface area (Å²) < 4.78 is 31.0. The van der Waals surface area contributed by atoms with Gasteiger partial charge in [-0.1, -0.05) is 23.7 Å². The van der Waals surface area contributed by atoms with Crippen molar-refractivity contribution in [2.24, 2.45) is 0 Å². The van der Waals surface area contributed by atoms with E-state index >= 15 is 0 Å². The lowest BCUT2D eigenvalue weighted by atomic mass is 10.0. The maximum atomic E-state index is 13.7. The molecule has 0 aromatic heterocycles. The van der Waals surface area contributed by atoms with Gasteiger partial charge in [0.25, 0.3) is 0 Å². The molecule has 0 saturated carbocycles. The summed E-state index contributed by atoms with van der Waals surface area (Å²) >= 11 is 6.00. The van der Waals surface area contributed by atoms with E-state index in [2.05, 4.69) is 5.32 Å². The van der Waals surface area contributed by atoms with Crippen molar-refractivity contribution in [3.05, 3.63) is 58.9 Å². The van der Waals surface area contributed by atoms with Crippen molar-refractivity contribution in [1.29, 1.82) is 0 Å². The molecule has 1 N–H and O–H groups in total. The van der Waals surface area contributed by atoms with Crippen LogP contribution in [0.15, 0.2) is 42.5 Å². The fourth-order valence-electron chi connectivity index (χ4n) is 2.70. The number of benzene rings is 2. The first-order valence-electron chi connectivity index (χ1n) is 7.75. The maximum Gasteiger partial charge on any atom is 0.162 e. The van der Waals surface area contributed by atoms with Gasteiger partial charge in [-0.25, -0.2) is 4.39 Å². The molecule has 1 saturated heterocycles. The topological polar surface area (TPSA) is 39.7 Å². The zero-order valence-electron chi connectivity index (χ0n) is 13.3. The minimum absolute atomic E-state index is 0.235. The van der Waals surface area contributed by atoms with Crippen LogP contribution in [0, 0.1) is 5.82 Å². The largest absolute Gasteiger partial charge is 0.493 e. The second-order valence-electron chi connectivity index (χ2n) is 5.50. The Kier molecular flexibility index (Phi) is 5.56. The molecule has 1 aliphatic rings. The van der Waals surface area contributed by atoms with E-state index in [0.717, 1.165) is 6.54 Å². The first-order chi connectivity index (χ1) is 11.7. The molecule has 0 spiro atoms. The highest BCUT2D eigenvalue weighted by molar-refractivity contribution is 6.30. The van der Waals surface area contributed by atoms with Gasteiger partial charge >= 0.3 is 0 Å². The Hall–Kier alpha value is -1.82. The van der Waals surface area contributed by atoms with Crippen molar-refractivity contribution in [2.45, 2.75) is 12.2 Å². The van der Waals surface area contributed by atoms with Crippen molar-refractivity contribution in [2.75, 3.05) is 26.8 Å². The van der Waals surface area contributed by atoms with Gasteiger partial charge in [0.05, 0.1) is 13.7 Å². The molecule has 1 fully saturated rings. The van der Waals surface area contributed by atoms with Gasteiger partial charge in [-0.3, -0.25) is 0 Å². The van der Waals surface area contributed by atoms with Crippen LogP contribution in [0.4, 0.5) is 4.39 Å². The number of morpholine rings is 1. The van der Waals surface area contributed by atoms with E-state index in [9.17, 15) is 4.39 Å². The lowest BCUT2D eigenvalue weighted by Crippen LogP contribution is -2.43. The zero-order chi connectivity index (χ0) is 16.9. The molecule has 2 aromatic carbocycles. The van der Waals surface area contributed by atoms with Crippen molar-refractivity contribution in [3.63, 3.8) is 0 Å². The third-order valence-corrected chi connectivity index (χ3v) is 4.09. The normalized spacial score (nSPS) is 18.9. The number of rotatable bonds is 5. The molecule has 4 nitrogen and oxygen atoms in total. The molecule has 0 amide bonds. The lowest BCUT2D eigenvalue weighted by molar-refractivity contribution is -0.0439. The average Bonchev–Trinajstić information content (AvgIpc) is 2.61. The summed E-state index contributed by atoms with van der Waals surface area (Å²) in [5, 5.41) is 3.82. The molecule has 2 aromatic rings. The van der Waals surface area contributed by atoms with Crippen molar-refractivity contribution in [1.82, 2.24) is 5.32 Å².